The SMILES string of the molecule is CC(C)CCNC(=O)N1CCC(OCC(=O)O)CC1. The van der Waals surface area contributed by atoms with E-state index in [4.69, 9.17) is 9.84 Å². The first-order valence-corrected chi connectivity index (χ1v) is 6.85. The predicted octanol–water partition coefficient (Wildman–Crippen LogP) is 1.31. The van der Waals surface area contributed by atoms with Gasteiger partial charge in [0.15, 0.2) is 0 Å². The molecule has 1 saturated heterocycles. The maximum absolute atomic E-state index is 11.8. The van der Waals surface area contributed by atoms with Gasteiger partial charge in [0.1, 0.15) is 6.61 Å². The zero-order valence-electron chi connectivity index (χ0n) is 11.7. The van der Waals surface area contributed by atoms with Crippen molar-refractivity contribution in [2.75, 3.05) is 26.2 Å². The lowest BCUT2D eigenvalue weighted by atomic mass is 10.1. The Hall–Kier alpha value is -1.30. The molecule has 0 aliphatic carbocycles. The summed E-state index contributed by atoms with van der Waals surface area (Å²) in [7, 11) is 0. The Bertz CT molecular complexity index is 299. The van der Waals surface area contributed by atoms with E-state index >= 15 is 0 Å². The second-order valence-electron chi connectivity index (χ2n) is 5.31. The molecule has 0 aromatic rings. The summed E-state index contributed by atoms with van der Waals surface area (Å²) in [5, 5.41) is 11.4. The molecule has 0 unspecified atom stereocenters. The van der Waals surface area contributed by atoms with Crippen LogP contribution in [0.2, 0.25) is 0 Å². The maximum atomic E-state index is 11.8. The van der Waals surface area contributed by atoms with Crippen LogP contribution in [0.4, 0.5) is 4.79 Å². The molecule has 6 heteroatoms. The maximum Gasteiger partial charge on any atom is 0.329 e. The highest BCUT2D eigenvalue weighted by molar-refractivity contribution is 5.74. The molecule has 0 atom stereocenters. The van der Waals surface area contributed by atoms with E-state index < -0.39 is 5.97 Å². The van der Waals surface area contributed by atoms with Crippen LogP contribution in [0.15, 0.2) is 0 Å². The van der Waals surface area contributed by atoms with Gasteiger partial charge >= 0.3 is 12.0 Å². The van der Waals surface area contributed by atoms with Crippen molar-refractivity contribution in [3.05, 3.63) is 0 Å². The van der Waals surface area contributed by atoms with Crippen LogP contribution < -0.4 is 5.32 Å². The van der Waals surface area contributed by atoms with Crippen molar-refractivity contribution in [2.45, 2.75) is 39.2 Å². The number of carbonyl (C=O) groups excluding carboxylic acids is 1. The number of nitrogens with zero attached hydrogens (tertiary/aromatic N) is 1. The fourth-order valence-corrected chi connectivity index (χ4v) is 1.99. The highest BCUT2D eigenvalue weighted by Gasteiger charge is 2.23. The van der Waals surface area contributed by atoms with Crippen molar-refractivity contribution in [3.63, 3.8) is 0 Å². The molecular weight excluding hydrogens is 248 g/mol. The lowest BCUT2D eigenvalue weighted by Crippen LogP contribution is -2.46. The fraction of sp³-hybridized carbons (Fsp3) is 0.846. The van der Waals surface area contributed by atoms with Gasteiger partial charge < -0.3 is 20.1 Å². The van der Waals surface area contributed by atoms with Gasteiger partial charge in [-0.15, -0.1) is 0 Å². The number of hydrogen-bond donors (Lipinski definition) is 2. The van der Waals surface area contributed by atoms with E-state index in [-0.39, 0.29) is 18.7 Å². The Morgan fingerprint density at radius 1 is 1.37 bits per heavy atom. The predicted molar refractivity (Wildman–Crippen MR) is 71.0 cm³/mol. The van der Waals surface area contributed by atoms with Gasteiger partial charge in [0.05, 0.1) is 6.10 Å². The molecular formula is C13H24N2O4. The second-order valence-corrected chi connectivity index (χ2v) is 5.31. The Morgan fingerprint density at radius 2 is 2.00 bits per heavy atom. The molecule has 1 heterocycles. The van der Waals surface area contributed by atoms with Crippen molar-refractivity contribution in [1.82, 2.24) is 10.2 Å². The first kappa shape index (κ1) is 15.8. The van der Waals surface area contributed by atoms with Crippen molar-refractivity contribution >= 4 is 12.0 Å². The van der Waals surface area contributed by atoms with Gasteiger partial charge in [0.25, 0.3) is 0 Å². The number of piperidine rings is 1. The third-order valence-corrected chi connectivity index (χ3v) is 3.17. The van der Waals surface area contributed by atoms with Gasteiger partial charge in [-0.2, -0.15) is 0 Å². The number of aliphatic carboxylic acids is 1. The monoisotopic (exact) mass is 272 g/mol. The van der Waals surface area contributed by atoms with Crippen molar-refractivity contribution < 1.29 is 19.4 Å². The summed E-state index contributed by atoms with van der Waals surface area (Å²) >= 11 is 0. The lowest BCUT2D eigenvalue weighted by Gasteiger charge is -2.31. The third-order valence-electron chi connectivity index (χ3n) is 3.17. The average molecular weight is 272 g/mol. The van der Waals surface area contributed by atoms with Crippen LogP contribution in [0.5, 0.6) is 0 Å². The summed E-state index contributed by atoms with van der Waals surface area (Å²) in [5.74, 6) is -0.371. The summed E-state index contributed by atoms with van der Waals surface area (Å²) < 4.78 is 5.23. The number of urea groups is 1. The normalized spacial score (nSPS) is 16.7. The first-order valence-electron chi connectivity index (χ1n) is 6.85. The number of carboxylic acid groups (broad SMARTS) is 1. The molecule has 19 heavy (non-hydrogen) atoms. The van der Waals surface area contributed by atoms with Crippen molar-refractivity contribution in [3.8, 4) is 0 Å². The molecule has 0 spiro atoms. The quantitative estimate of drug-likeness (QED) is 0.764. The minimum absolute atomic E-state index is 0.0302. The van der Waals surface area contributed by atoms with E-state index in [9.17, 15) is 9.59 Å². The van der Waals surface area contributed by atoms with Gasteiger partial charge in [-0.1, -0.05) is 13.8 Å². The van der Waals surface area contributed by atoms with E-state index in [0.717, 1.165) is 6.42 Å². The van der Waals surface area contributed by atoms with Crippen LogP contribution >= 0.6 is 0 Å². The van der Waals surface area contributed by atoms with E-state index in [2.05, 4.69) is 19.2 Å². The second kappa shape index (κ2) is 7.99. The lowest BCUT2D eigenvalue weighted by molar-refractivity contribution is -0.145. The van der Waals surface area contributed by atoms with Crippen LogP contribution in [0.25, 0.3) is 0 Å². The summed E-state index contributed by atoms with van der Waals surface area (Å²) in [6.45, 7) is 5.93. The molecule has 1 aliphatic heterocycles. The van der Waals surface area contributed by atoms with Crippen LogP contribution in [0.3, 0.4) is 0 Å². The standard InChI is InChI=1S/C13H24N2O4/c1-10(2)3-6-14-13(18)15-7-4-11(5-8-15)19-9-12(16)17/h10-11H,3-9H2,1-2H3,(H,14,18)(H,16,17). The van der Waals surface area contributed by atoms with Gasteiger partial charge in [0.2, 0.25) is 0 Å². The topological polar surface area (TPSA) is 78.9 Å². The van der Waals surface area contributed by atoms with Gasteiger partial charge in [-0.05, 0) is 25.2 Å². The third kappa shape index (κ3) is 6.42. The summed E-state index contributed by atoms with van der Waals surface area (Å²) in [5.41, 5.74) is 0. The number of nitrogens with one attached hydrogen (secondary N) is 1. The molecule has 6 nitrogen and oxygen atoms in total. The number of amides is 2. The molecule has 110 valence electrons. The summed E-state index contributed by atoms with van der Waals surface area (Å²) in [6, 6.07) is -0.0302. The van der Waals surface area contributed by atoms with Crippen LogP contribution in [-0.2, 0) is 9.53 Å². The summed E-state index contributed by atoms with van der Waals surface area (Å²) in [6.07, 6.45) is 2.33. The number of carbonyl (C=O) groups is 2. The smallest absolute Gasteiger partial charge is 0.329 e. The van der Waals surface area contributed by atoms with Crippen LogP contribution in [0, 0.1) is 5.92 Å². The first-order chi connectivity index (χ1) is 8.99. The van der Waals surface area contributed by atoms with E-state index in [1.807, 2.05) is 0 Å². The molecule has 0 aromatic carbocycles. The fourth-order valence-electron chi connectivity index (χ4n) is 1.99. The molecule has 0 bridgehead atoms. The van der Waals surface area contributed by atoms with E-state index in [1.165, 1.54) is 0 Å². The van der Waals surface area contributed by atoms with Gasteiger partial charge in [-0.25, -0.2) is 9.59 Å². The van der Waals surface area contributed by atoms with Gasteiger partial charge in [0, 0.05) is 19.6 Å². The minimum atomic E-state index is -0.950. The molecule has 0 saturated carbocycles. The molecule has 2 N–H and O–H groups in total. The molecule has 0 radical (unpaired) electrons. The molecule has 1 rings (SSSR count). The highest BCUT2D eigenvalue weighted by atomic mass is 16.5. The van der Waals surface area contributed by atoms with Gasteiger partial charge in [-0.3, -0.25) is 0 Å². The van der Waals surface area contributed by atoms with E-state index in [1.54, 1.807) is 4.90 Å². The number of rotatable bonds is 6. The molecule has 2 amide bonds. The van der Waals surface area contributed by atoms with Crippen molar-refractivity contribution in [2.24, 2.45) is 5.92 Å². The number of carboxylic acids is 1. The number of likely N-dealkylation sites (tertiary alicyclic amines) is 1. The van der Waals surface area contributed by atoms with Crippen molar-refractivity contribution in [1.29, 1.82) is 0 Å². The average Bonchev–Trinajstić information content (AvgIpc) is 2.36. The number of hydrogen-bond acceptors (Lipinski definition) is 3. The molecule has 1 aliphatic rings. The number of ether oxygens (including phenoxy) is 1. The Labute approximate surface area is 114 Å². The molecule has 0 aromatic heterocycles. The van der Waals surface area contributed by atoms with E-state index in [0.29, 0.717) is 38.4 Å². The zero-order valence-corrected chi connectivity index (χ0v) is 11.7. The highest BCUT2D eigenvalue weighted by Crippen LogP contribution is 2.13. The zero-order chi connectivity index (χ0) is 14.3. The summed E-state index contributed by atoms with van der Waals surface area (Å²) in [4.78, 5) is 24.0. The minimum Gasteiger partial charge on any atom is -0.480 e. The Morgan fingerprint density at radius 3 is 2.53 bits per heavy atom. The Kier molecular flexibility index (Phi) is 6.62. The largest absolute Gasteiger partial charge is 0.480 e. The Balaban J connectivity index is 2.18. The van der Waals surface area contributed by atoms with Crippen LogP contribution in [0.1, 0.15) is 33.1 Å². The molecule has 1 fully saturated rings. The van der Waals surface area contributed by atoms with Crippen LogP contribution in [-0.4, -0.2) is 54.4 Å².